The number of carbonyl (C=O) groups excluding carboxylic acids is 1. The molecule has 196 valence electrons. The van der Waals surface area contributed by atoms with Crippen LogP contribution in [0.25, 0.3) is 11.1 Å². The number of aryl methyl sites for hydroxylation is 1. The van der Waals surface area contributed by atoms with Crippen LogP contribution in [0.5, 0.6) is 0 Å². The van der Waals surface area contributed by atoms with E-state index in [-0.39, 0.29) is 17.9 Å². The molecule has 3 atom stereocenters. The Hall–Kier alpha value is -3.89. The van der Waals surface area contributed by atoms with Crippen LogP contribution in [-0.4, -0.2) is 28.5 Å². The van der Waals surface area contributed by atoms with Crippen molar-refractivity contribution in [3.8, 4) is 17.2 Å². The standard InChI is InChI=1S/C31H29F3N2O2/c1-2-7-25-19-28(36(30(25)38)17-6-10-21-8-4-3-5-9-21)29(37)26-16-15-24(18-27(26)31(32,33)34)23-13-11-22(20-35)12-14-23/h2-5,8-9,11-16,18,25,28-29,37H,1,6-7,10,17,19H2/t25-,28+,29?/m1/s1. The first-order valence-electron chi connectivity index (χ1n) is 12.6. The smallest absolute Gasteiger partial charge is 0.386 e. The lowest BCUT2D eigenvalue weighted by Gasteiger charge is -2.30. The van der Waals surface area contributed by atoms with E-state index >= 15 is 0 Å². The SMILES string of the molecule is C=CC[C@@H]1C[C@@H](C(O)c2ccc(-c3ccc(C#N)cc3)cc2C(F)(F)F)N(CCCc2ccccc2)C1=O. The average molecular weight is 519 g/mol. The summed E-state index contributed by atoms with van der Waals surface area (Å²) in [4.78, 5) is 14.7. The molecule has 4 rings (SSSR count). The van der Waals surface area contributed by atoms with Gasteiger partial charge in [-0.05, 0) is 66.1 Å². The number of rotatable bonds is 9. The number of aliphatic hydroxyl groups excluding tert-OH is 1. The van der Waals surface area contributed by atoms with Gasteiger partial charge >= 0.3 is 6.18 Å². The number of alkyl halides is 3. The topological polar surface area (TPSA) is 64.3 Å². The van der Waals surface area contributed by atoms with Crippen LogP contribution < -0.4 is 0 Å². The largest absolute Gasteiger partial charge is 0.416 e. The summed E-state index contributed by atoms with van der Waals surface area (Å²) < 4.78 is 42.7. The first kappa shape index (κ1) is 27.2. The van der Waals surface area contributed by atoms with E-state index in [0.29, 0.717) is 42.5 Å². The molecule has 7 heteroatoms. The zero-order chi connectivity index (χ0) is 27.3. The fourth-order valence-electron chi connectivity index (χ4n) is 5.17. The zero-order valence-electron chi connectivity index (χ0n) is 20.9. The third-order valence-corrected chi connectivity index (χ3v) is 7.11. The monoisotopic (exact) mass is 518 g/mol. The van der Waals surface area contributed by atoms with Crippen LogP contribution >= 0.6 is 0 Å². The van der Waals surface area contributed by atoms with E-state index in [0.717, 1.165) is 11.6 Å². The van der Waals surface area contributed by atoms with Crippen molar-refractivity contribution in [3.05, 3.63) is 108 Å². The summed E-state index contributed by atoms with van der Waals surface area (Å²) in [6, 6.07) is 21.1. The van der Waals surface area contributed by atoms with E-state index in [2.05, 4.69) is 6.58 Å². The number of likely N-dealkylation sites (tertiary alicyclic amines) is 1. The van der Waals surface area contributed by atoms with E-state index in [1.165, 1.54) is 12.1 Å². The van der Waals surface area contributed by atoms with Gasteiger partial charge in [0.15, 0.2) is 0 Å². The summed E-state index contributed by atoms with van der Waals surface area (Å²) in [6.07, 6.45) is -2.58. The fourth-order valence-corrected chi connectivity index (χ4v) is 5.17. The summed E-state index contributed by atoms with van der Waals surface area (Å²) >= 11 is 0. The lowest BCUT2D eigenvalue weighted by molar-refractivity contribution is -0.139. The second-order valence-corrected chi connectivity index (χ2v) is 9.58. The fraction of sp³-hybridized carbons (Fsp3) is 0.290. The second kappa shape index (κ2) is 11.7. The van der Waals surface area contributed by atoms with Crippen LogP contribution in [0, 0.1) is 17.2 Å². The Balaban J connectivity index is 1.62. The Morgan fingerprint density at radius 2 is 1.76 bits per heavy atom. The predicted molar refractivity (Wildman–Crippen MR) is 140 cm³/mol. The molecule has 0 radical (unpaired) electrons. The molecule has 4 nitrogen and oxygen atoms in total. The Kier molecular flexibility index (Phi) is 8.33. The van der Waals surface area contributed by atoms with E-state index in [9.17, 15) is 23.1 Å². The second-order valence-electron chi connectivity index (χ2n) is 9.58. The highest BCUT2D eigenvalue weighted by molar-refractivity contribution is 5.82. The molecule has 0 bridgehead atoms. The normalized spacial score (nSPS) is 18.3. The van der Waals surface area contributed by atoms with Crippen LogP contribution in [-0.2, 0) is 17.4 Å². The maximum atomic E-state index is 14.2. The van der Waals surface area contributed by atoms with Gasteiger partial charge in [0.1, 0.15) is 0 Å². The molecule has 38 heavy (non-hydrogen) atoms. The van der Waals surface area contributed by atoms with Gasteiger partial charge < -0.3 is 10.0 Å². The number of aliphatic hydroxyl groups is 1. The van der Waals surface area contributed by atoms with Gasteiger partial charge in [-0.15, -0.1) is 6.58 Å². The van der Waals surface area contributed by atoms with Gasteiger partial charge in [-0.25, -0.2) is 0 Å². The average Bonchev–Trinajstić information content (AvgIpc) is 3.23. The molecule has 1 fully saturated rings. The van der Waals surface area contributed by atoms with Crippen molar-refractivity contribution in [2.45, 2.75) is 44.0 Å². The van der Waals surface area contributed by atoms with Crippen molar-refractivity contribution in [2.75, 3.05) is 6.54 Å². The Bertz CT molecular complexity index is 1310. The van der Waals surface area contributed by atoms with Crippen molar-refractivity contribution < 1.29 is 23.1 Å². The number of benzene rings is 3. The molecular formula is C31H29F3N2O2. The van der Waals surface area contributed by atoms with Gasteiger partial charge in [0.2, 0.25) is 5.91 Å². The molecule has 1 aliphatic heterocycles. The van der Waals surface area contributed by atoms with Crippen LogP contribution in [0.4, 0.5) is 13.2 Å². The summed E-state index contributed by atoms with van der Waals surface area (Å²) in [5.74, 6) is -0.582. The van der Waals surface area contributed by atoms with Gasteiger partial charge in [0.05, 0.1) is 29.3 Å². The van der Waals surface area contributed by atoms with E-state index in [1.54, 1.807) is 35.2 Å². The number of nitrogens with zero attached hydrogens (tertiary/aromatic N) is 2. The van der Waals surface area contributed by atoms with Crippen molar-refractivity contribution in [1.82, 2.24) is 4.90 Å². The number of hydrogen-bond donors (Lipinski definition) is 1. The number of hydrogen-bond acceptors (Lipinski definition) is 3. The van der Waals surface area contributed by atoms with Crippen LogP contribution in [0.2, 0.25) is 0 Å². The molecule has 3 aromatic rings. The molecular weight excluding hydrogens is 489 g/mol. The summed E-state index contributed by atoms with van der Waals surface area (Å²) in [7, 11) is 0. The highest BCUT2D eigenvalue weighted by Gasteiger charge is 2.44. The summed E-state index contributed by atoms with van der Waals surface area (Å²) in [6.45, 7) is 4.05. The lowest BCUT2D eigenvalue weighted by atomic mass is 9.90. The van der Waals surface area contributed by atoms with Crippen molar-refractivity contribution in [1.29, 1.82) is 5.26 Å². The van der Waals surface area contributed by atoms with Crippen molar-refractivity contribution in [2.24, 2.45) is 5.92 Å². The van der Waals surface area contributed by atoms with E-state index in [1.807, 2.05) is 36.4 Å². The highest BCUT2D eigenvalue weighted by Crippen LogP contribution is 2.42. The molecule has 3 aromatic carbocycles. The molecule has 0 saturated carbocycles. The molecule has 1 N–H and O–H groups in total. The maximum Gasteiger partial charge on any atom is 0.416 e. The first-order valence-corrected chi connectivity index (χ1v) is 12.6. The Morgan fingerprint density at radius 3 is 2.39 bits per heavy atom. The molecule has 0 aromatic heterocycles. The quantitative estimate of drug-likeness (QED) is 0.321. The number of amides is 1. The van der Waals surface area contributed by atoms with Gasteiger partial charge in [-0.1, -0.05) is 60.7 Å². The number of halogens is 3. The van der Waals surface area contributed by atoms with E-state index < -0.39 is 29.8 Å². The Morgan fingerprint density at radius 1 is 1.08 bits per heavy atom. The Labute approximate surface area is 220 Å². The zero-order valence-corrected chi connectivity index (χ0v) is 20.9. The minimum Gasteiger partial charge on any atom is -0.386 e. The van der Waals surface area contributed by atoms with Gasteiger partial charge in [-0.2, -0.15) is 18.4 Å². The van der Waals surface area contributed by atoms with Gasteiger partial charge in [-0.3, -0.25) is 4.79 Å². The lowest BCUT2D eigenvalue weighted by Crippen LogP contribution is -2.39. The molecule has 1 heterocycles. The third kappa shape index (κ3) is 5.98. The minimum absolute atomic E-state index is 0.162. The van der Waals surface area contributed by atoms with Crippen LogP contribution in [0.1, 0.15) is 47.6 Å². The van der Waals surface area contributed by atoms with Gasteiger partial charge in [0.25, 0.3) is 0 Å². The molecule has 1 unspecified atom stereocenters. The number of nitriles is 1. The predicted octanol–water partition coefficient (Wildman–Crippen LogP) is 6.70. The van der Waals surface area contributed by atoms with Crippen molar-refractivity contribution in [3.63, 3.8) is 0 Å². The minimum atomic E-state index is -4.71. The molecule has 0 spiro atoms. The van der Waals surface area contributed by atoms with Crippen molar-refractivity contribution >= 4 is 5.91 Å². The van der Waals surface area contributed by atoms with Crippen LogP contribution in [0.15, 0.2) is 85.5 Å². The van der Waals surface area contributed by atoms with Gasteiger partial charge in [0, 0.05) is 12.5 Å². The van der Waals surface area contributed by atoms with E-state index in [4.69, 9.17) is 5.26 Å². The molecule has 1 amide bonds. The summed E-state index contributed by atoms with van der Waals surface area (Å²) in [5, 5.41) is 20.3. The molecule has 1 saturated heterocycles. The summed E-state index contributed by atoms with van der Waals surface area (Å²) in [5.41, 5.74) is 1.18. The number of allylic oxidation sites excluding steroid dienone is 1. The molecule has 0 aliphatic carbocycles. The van der Waals surface area contributed by atoms with Crippen LogP contribution in [0.3, 0.4) is 0 Å². The first-order chi connectivity index (χ1) is 18.2. The number of carbonyl (C=O) groups is 1. The highest BCUT2D eigenvalue weighted by atomic mass is 19.4. The third-order valence-electron chi connectivity index (χ3n) is 7.11. The maximum absolute atomic E-state index is 14.2. The molecule has 1 aliphatic rings.